The van der Waals surface area contributed by atoms with Crippen molar-refractivity contribution < 1.29 is 27.5 Å². The van der Waals surface area contributed by atoms with Gasteiger partial charge in [0.25, 0.3) is 0 Å². The first-order valence-corrected chi connectivity index (χ1v) is 21.9. The topological polar surface area (TPSA) is 54.0 Å². The van der Waals surface area contributed by atoms with Gasteiger partial charge in [-0.2, -0.15) is 0 Å². The molecular weight excluding hydrogens is 552 g/mol. The van der Waals surface area contributed by atoms with Gasteiger partial charge in [-0.3, -0.25) is 4.79 Å². The smallest absolute Gasteiger partial charge is 0.305 e. The molecule has 0 bridgehead atoms. The number of rotatable bonds is 20. The Balaban J connectivity index is 2.33. The van der Waals surface area contributed by atoms with E-state index in [0.29, 0.717) is 25.0 Å². The number of carbonyl (C=O) groups is 1. The second-order valence-corrected chi connectivity index (χ2v) is 21.7. The van der Waals surface area contributed by atoms with Crippen molar-refractivity contribution >= 4 is 22.6 Å². The third-order valence-corrected chi connectivity index (χ3v) is 19.5. The normalized spacial score (nSPS) is 26.5. The Kier molecular flexibility index (Phi) is 15.9. The average molecular weight is 613 g/mol. The van der Waals surface area contributed by atoms with Crippen molar-refractivity contribution in [3.8, 4) is 0 Å². The van der Waals surface area contributed by atoms with Gasteiger partial charge in [0, 0.05) is 24.7 Å². The quantitative estimate of drug-likeness (QED) is 0.0593. The molecule has 1 heterocycles. The molecule has 0 aromatic rings. The maximum Gasteiger partial charge on any atom is 0.305 e. The molecule has 1 saturated carbocycles. The summed E-state index contributed by atoms with van der Waals surface area (Å²) in [7, 11) is -2.27. The highest BCUT2D eigenvalue weighted by Gasteiger charge is 2.55. The summed E-state index contributed by atoms with van der Waals surface area (Å²) in [5, 5.41) is 0. The van der Waals surface area contributed by atoms with Gasteiger partial charge < -0.3 is 18.3 Å². The van der Waals surface area contributed by atoms with Crippen LogP contribution in [0, 0.1) is 11.8 Å². The number of ether oxygens (including phenoxy) is 2. The van der Waals surface area contributed by atoms with Gasteiger partial charge in [0.05, 0.1) is 19.3 Å². The van der Waals surface area contributed by atoms with Crippen LogP contribution in [0.2, 0.25) is 36.3 Å². The van der Waals surface area contributed by atoms with E-state index in [4.69, 9.17) is 18.3 Å². The summed E-state index contributed by atoms with van der Waals surface area (Å²) < 4.78 is 41.2. The summed E-state index contributed by atoms with van der Waals surface area (Å²) in [6.45, 7) is 15.9. The number of hydrogen-bond donors (Lipinski definition) is 0. The Hall–Kier alpha value is -0.966. The Bertz CT molecular complexity index is 810. The molecule has 2 fully saturated rings. The van der Waals surface area contributed by atoms with Crippen LogP contribution in [0.25, 0.3) is 0 Å². The molecule has 238 valence electrons. The van der Waals surface area contributed by atoms with Crippen LogP contribution >= 0.6 is 0 Å². The number of halogens is 1. The van der Waals surface area contributed by atoms with E-state index in [0.717, 1.165) is 55.5 Å². The second kappa shape index (κ2) is 18.0. The predicted molar refractivity (Wildman–Crippen MR) is 173 cm³/mol. The molecule has 1 aliphatic heterocycles. The molecule has 8 heteroatoms. The molecule has 0 aromatic heterocycles. The van der Waals surface area contributed by atoms with Gasteiger partial charge in [-0.25, -0.2) is 4.39 Å². The highest BCUT2D eigenvalue weighted by molar-refractivity contribution is 6.74. The Morgan fingerprint density at radius 1 is 0.976 bits per heavy atom. The van der Waals surface area contributed by atoms with Crippen molar-refractivity contribution in [1.29, 1.82) is 0 Å². The molecule has 0 aromatic carbocycles. The molecule has 5 nitrogen and oxygen atoms in total. The summed E-state index contributed by atoms with van der Waals surface area (Å²) in [6.07, 6.45) is 12.0. The average Bonchev–Trinajstić information content (AvgIpc) is 3.49. The monoisotopic (exact) mass is 612 g/mol. The van der Waals surface area contributed by atoms with Gasteiger partial charge in [-0.1, -0.05) is 79.9 Å². The zero-order valence-electron chi connectivity index (χ0n) is 27.5. The summed E-state index contributed by atoms with van der Waals surface area (Å²) in [4.78, 5) is 11.5. The number of allylic oxidation sites excluding steroid dienone is 2. The number of methoxy groups -OCH3 is 1. The van der Waals surface area contributed by atoms with Crippen LogP contribution in [0.5, 0.6) is 0 Å². The molecule has 0 radical (unpaired) electrons. The fourth-order valence-electron chi connectivity index (χ4n) is 6.80. The fraction of sp³-hybridized carbons (Fsp3) is 0.848. The lowest BCUT2D eigenvalue weighted by Crippen LogP contribution is -2.42. The maximum absolute atomic E-state index is 16.1. The van der Waals surface area contributed by atoms with Gasteiger partial charge in [0.2, 0.25) is 0 Å². The molecule has 6 atom stereocenters. The lowest BCUT2D eigenvalue weighted by molar-refractivity contribution is -0.140. The SMILES string of the molecule is CCCCC[C@@H](/C=C/C1[C@@H]2[C@H](C[C@H]1O[Si](CC)(CC)CC)O/C(=C\CCCC(=O)OC)[C@@H]2F)O[Si](CC)(CC)CC. The third-order valence-electron chi connectivity index (χ3n) is 10.1. The van der Waals surface area contributed by atoms with Crippen LogP contribution < -0.4 is 0 Å². The zero-order valence-corrected chi connectivity index (χ0v) is 29.5. The van der Waals surface area contributed by atoms with E-state index >= 15 is 4.39 Å². The Labute approximate surface area is 253 Å². The molecule has 0 spiro atoms. The summed E-state index contributed by atoms with van der Waals surface area (Å²) >= 11 is 0. The second-order valence-electron chi connectivity index (χ2n) is 12.2. The van der Waals surface area contributed by atoms with Crippen molar-refractivity contribution in [2.45, 2.75) is 161 Å². The van der Waals surface area contributed by atoms with Crippen molar-refractivity contribution in [1.82, 2.24) is 0 Å². The standard InChI is InChI=1S/C33H61FO5Si2/c1-9-16-17-20-26(38-40(10-2,11-3)12-4)23-24-27-29(39-41(13-5,14-6)15-7)25-30-32(27)33(34)28(37-30)21-18-19-22-31(35)36-8/h21,23-24,26-27,29-30,32-33H,9-20,22,25H2,1-8H3/b24-23+,28-21-/t26-,27?,29+,30-,32+,33-/m0/s1. The van der Waals surface area contributed by atoms with E-state index in [2.05, 4.69) is 60.6 Å². The molecule has 2 aliphatic rings. The van der Waals surface area contributed by atoms with Crippen LogP contribution in [0.3, 0.4) is 0 Å². The van der Waals surface area contributed by atoms with Gasteiger partial charge >= 0.3 is 5.97 Å². The largest absolute Gasteiger partial charge is 0.491 e. The van der Waals surface area contributed by atoms with Crippen LogP contribution in [-0.4, -0.2) is 54.2 Å². The zero-order chi connectivity index (χ0) is 30.5. The van der Waals surface area contributed by atoms with Crippen LogP contribution in [0.4, 0.5) is 4.39 Å². The van der Waals surface area contributed by atoms with E-state index in [1.807, 2.05) is 6.08 Å². The van der Waals surface area contributed by atoms with E-state index in [-0.39, 0.29) is 36.1 Å². The van der Waals surface area contributed by atoms with Crippen molar-refractivity contribution in [3.63, 3.8) is 0 Å². The molecular formula is C33H61FO5Si2. The molecule has 1 unspecified atom stereocenters. The van der Waals surface area contributed by atoms with Gasteiger partial charge in [-0.05, 0) is 61.6 Å². The first-order chi connectivity index (χ1) is 19.7. The van der Waals surface area contributed by atoms with Gasteiger partial charge in [0.1, 0.15) is 11.9 Å². The molecule has 0 amide bonds. The van der Waals surface area contributed by atoms with Crippen LogP contribution in [0.1, 0.15) is 99.8 Å². The third kappa shape index (κ3) is 9.77. The first kappa shape index (κ1) is 36.2. The van der Waals surface area contributed by atoms with Crippen molar-refractivity contribution in [2.75, 3.05) is 7.11 Å². The minimum absolute atomic E-state index is 0.0197. The predicted octanol–water partition coefficient (Wildman–Crippen LogP) is 9.50. The van der Waals surface area contributed by atoms with Gasteiger partial charge in [-0.15, -0.1) is 0 Å². The first-order valence-electron chi connectivity index (χ1n) is 16.8. The number of esters is 1. The van der Waals surface area contributed by atoms with Gasteiger partial charge in [0.15, 0.2) is 22.8 Å². The van der Waals surface area contributed by atoms with E-state index in [9.17, 15) is 4.79 Å². The number of carbonyl (C=O) groups excluding carboxylic acids is 1. The van der Waals surface area contributed by atoms with E-state index in [1.54, 1.807) is 0 Å². The summed E-state index contributed by atoms with van der Waals surface area (Å²) in [5.74, 6) is -0.0771. The summed E-state index contributed by atoms with van der Waals surface area (Å²) in [5.41, 5.74) is 0. The number of unbranched alkanes of at least 4 members (excludes halogenated alkanes) is 3. The van der Waals surface area contributed by atoms with E-state index in [1.165, 1.54) is 20.0 Å². The molecule has 1 saturated heterocycles. The van der Waals surface area contributed by atoms with Crippen LogP contribution in [-0.2, 0) is 23.1 Å². The van der Waals surface area contributed by atoms with E-state index < -0.39 is 22.8 Å². The Morgan fingerprint density at radius 3 is 2.17 bits per heavy atom. The lowest BCUT2D eigenvalue weighted by atomic mass is 9.89. The lowest BCUT2D eigenvalue weighted by Gasteiger charge is -2.35. The Morgan fingerprint density at radius 2 is 1.61 bits per heavy atom. The molecule has 1 aliphatic carbocycles. The minimum atomic E-state index is -1.88. The van der Waals surface area contributed by atoms with Crippen molar-refractivity contribution in [2.24, 2.45) is 11.8 Å². The highest BCUT2D eigenvalue weighted by atomic mass is 28.4. The number of fused-ring (bicyclic) bond motifs is 1. The minimum Gasteiger partial charge on any atom is -0.491 e. The highest BCUT2D eigenvalue weighted by Crippen LogP contribution is 2.49. The molecule has 0 N–H and O–H groups in total. The summed E-state index contributed by atoms with van der Waals surface area (Å²) in [6, 6.07) is 6.61. The maximum atomic E-state index is 16.1. The van der Waals surface area contributed by atoms with Crippen molar-refractivity contribution in [3.05, 3.63) is 24.0 Å². The number of hydrogen-bond acceptors (Lipinski definition) is 5. The number of alkyl halides is 1. The molecule has 2 rings (SSSR count). The fourth-order valence-corrected chi connectivity index (χ4v) is 12.5. The van der Waals surface area contributed by atoms with Crippen LogP contribution in [0.15, 0.2) is 24.0 Å². The molecule has 41 heavy (non-hydrogen) atoms.